The largest absolute Gasteiger partial charge is 0.481 e. The zero-order valence-electron chi connectivity index (χ0n) is 11.4. The molecule has 0 saturated carbocycles. The first-order chi connectivity index (χ1) is 10.1. The molecule has 0 aliphatic rings. The van der Waals surface area contributed by atoms with Crippen LogP contribution in [0.4, 0.5) is 11.5 Å². The molecule has 1 heterocycles. The van der Waals surface area contributed by atoms with E-state index >= 15 is 0 Å². The molecule has 6 nitrogen and oxygen atoms in total. The molecule has 1 aromatic carbocycles. The number of benzene rings is 1. The summed E-state index contributed by atoms with van der Waals surface area (Å²) in [6.45, 7) is 2.90. The van der Waals surface area contributed by atoms with Gasteiger partial charge in [0.15, 0.2) is 0 Å². The van der Waals surface area contributed by atoms with Crippen molar-refractivity contribution in [1.29, 1.82) is 0 Å². The Hall–Kier alpha value is -2.34. The lowest BCUT2D eigenvalue weighted by molar-refractivity contribution is -0.385. The van der Waals surface area contributed by atoms with Gasteiger partial charge in [-0.25, -0.2) is 4.98 Å². The minimum Gasteiger partial charge on any atom is -0.481 e. The second-order valence-electron chi connectivity index (χ2n) is 4.21. The Morgan fingerprint density at radius 2 is 2.24 bits per heavy atom. The number of para-hydroxylation sites is 1. The summed E-state index contributed by atoms with van der Waals surface area (Å²) < 4.78 is 5.52. The molecule has 21 heavy (non-hydrogen) atoms. The van der Waals surface area contributed by atoms with Gasteiger partial charge in [0, 0.05) is 18.8 Å². The van der Waals surface area contributed by atoms with Gasteiger partial charge in [-0.3, -0.25) is 10.1 Å². The zero-order valence-corrected chi connectivity index (χ0v) is 12.1. The monoisotopic (exact) mass is 307 g/mol. The van der Waals surface area contributed by atoms with E-state index in [0.29, 0.717) is 0 Å². The van der Waals surface area contributed by atoms with Gasteiger partial charge in [-0.1, -0.05) is 17.7 Å². The van der Waals surface area contributed by atoms with Crippen LogP contribution in [0.2, 0.25) is 5.02 Å². The van der Waals surface area contributed by atoms with Gasteiger partial charge >= 0.3 is 5.69 Å². The molecule has 0 aliphatic carbocycles. The zero-order chi connectivity index (χ0) is 15.2. The number of ether oxygens (including phenoxy) is 1. The van der Waals surface area contributed by atoms with Crippen LogP contribution in [-0.4, -0.2) is 16.5 Å². The number of halogens is 1. The van der Waals surface area contributed by atoms with Crippen molar-refractivity contribution in [2.24, 2.45) is 0 Å². The summed E-state index contributed by atoms with van der Waals surface area (Å²) in [7, 11) is 0. The van der Waals surface area contributed by atoms with Gasteiger partial charge in [-0.15, -0.1) is 0 Å². The summed E-state index contributed by atoms with van der Waals surface area (Å²) in [5.74, 6) is 0.804. The van der Waals surface area contributed by atoms with Crippen LogP contribution in [0, 0.1) is 10.1 Å². The normalized spacial score (nSPS) is 10.2. The molecule has 2 aromatic rings. The Kier molecular flexibility index (Phi) is 4.94. The van der Waals surface area contributed by atoms with Crippen molar-refractivity contribution in [2.75, 3.05) is 11.9 Å². The van der Waals surface area contributed by atoms with Crippen LogP contribution >= 0.6 is 11.6 Å². The molecule has 0 bridgehead atoms. The van der Waals surface area contributed by atoms with E-state index in [1.54, 1.807) is 18.3 Å². The van der Waals surface area contributed by atoms with Crippen LogP contribution in [0.5, 0.6) is 5.75 Å². The van der Waals surface area contributed by atoms with Crippen LogP contribution in [0.3, 0.4) is 0 Å². The molecule has 7 heteroatoms. The van der Waals surface area contributed by atoms with Crippen molar-refractivity contribution in [2.45, 2.75) is 13.5 Å². The second-order valence-corrected chi connectivity index (χ2v) is 4.62. The molecule has 0 atom stereocenters. The number of nitrogens with zero attached hydrogens (tertiary/aromatic N) is 2. The number of aromatic nitrogens is 1. The molecule has 2 rings (SSSR count). The highest BCUT2D eigenvalue weighted by Crippen LogP contribution is 2.34. The minimum atomic E-state index is -0.516. The second kappa shape index (κ2) is 6.90. The average Bonchev–Trinajstić information content (AvgIpc) is 2.46. The van der Waals surface area contributed by atoms with E-state index in [2.05, 4.69) is 10.3 Å². The standard InChI is InChI=1S/C14H14ClN3O3/c1-2-16-13-8-10(6-7-17-13)9-21-14-11(15)4-3-5-12(14)18(19)20/h3-8H,2,9H2,1H3,(H,16,17). The highest BCUT2D eigenvalue weighted by atomic mass is 35.5. The average molecular weight is 308 g/mol. The van der Waals surface area contributed by atoms with Gasteiger partial charge in [-0.05, 0) is 30.7 Å². The van der Waals surface area contributed by atoms with Crippen LogP contribution < -0.4 is 10.1 Å². The van der Waals surface area contributed by atoms with Crippen molar-refractivity contribution >= 4 is 23.1 Å². The van der Waals surface area contributed by atoms with Crippen molar-refractivity contribution in [1.82, 2.24) is 4.98 Å². The Labute approximate surface area is 126 Å². The summed E-state index contributed by atoms with van der Waals surface area (Å²) in [6, 6.07) is 8.04. The lowest BCUT2D eigenvalue weighted by atomic mass is 10.2. The van der Waals surface area contributed by atoms with Crippen LogP contribution in [-0.2, 0) is 6.61 Å². The molecule has 0 fully saturated rings. The lowest BCUT2D eigenvalue weighted by Crippen LogP contribution is -2.03. The van der Waals surface area contributed by atoms with E-state index in [-0.39, 0.29) is 23.1 Å². The van der Waals surface area contributed by atoms with Gasteiger partial charge in [0.25, 0.3) is 0 Å². The molecule has 0 radical (unpaired) electrons. The predicted molar refractivity (Wildman–Crippen MR) is 80.8 cm³/mol. The van der Waals surface area contributed by atoms with E-state index in [1.807, 2.05) is 13.0 Å². The summed E-state index contributed by atoms with van der Waals surface area (Å²) in [5.41, 5.74) is 0.693. The highest BCUT2D eigenvalue weighted by Gasteiger charge is 2.18. The number of nitro benzene ring substituents is 1. The first-order valence-electron chi connectivity index (χ1n) is 6.36. The fourth-order valence-electron chi connectivity index (χ4n) is 1.78. The van der Waals surface area contributed by atoms with Crippen LogP contribution in [0.25, 0.3) is 0 Å². The molecule has 1 aromatic heterocycles. The van der Waals surface area contributed by atoms with Crippen molar-refractivity contribution < 1.29 is 9.66 Å². The Bertz CT molecular complexity index is 649. The van der Waals surface area contributed by atoms with Gasteiger partial charge in [0.1, 0.15) is 12.4 Å². The maximum Gasteiger partial charge on any atom is 0.312 e. The molecule has 0 aliphatic heterocycles. The predicted octanol–water partition coefficient (Wildman–Crippen LogP) is 3.65. The fourth-order valence-corrected chi connectivity index (χ4v) is 2.01. The SMILES string of the molecule is CCNc1cc(COc2c(Cl)cccc2[N+](=O)[O-])ccn1. The van der Waals surface area contributed by atoms with E-state index in [1.165, 1.54) is 12.1 Å². The minimum absolute atomic E-state index is 0.0750. The van der Waals surface area contributed by atoms with Crippen molar-refractivity contribution in [3.63, 3.8) is 0 Å². The van der Waals surface area contributed by atoms with Gasteiger partial charge < -0.3 is 10.1 Å². The molecular weight excluding hydrogens is 294 g/mol. The molecule has 0 spiro atoms. The first kappa shape index (κ1) is 15.1. The number of pyridine rings is 1. The highest BCUT2D eigenvalue weighted by molar-refractivity contribution is 6.32. The number of hydrogen-bond donors (Lipinski definition) is 1. The number of nitrogens with one attached hydrogen (secondary N) is 1. The first-order valence-corrected chi connectivity index (χ1v) is 6.74. The van der Waals surface area contributed by atoms with Crippen molar-refractivity contribution in [3.05, 3.63) is 57.2 Å². The van der Waals surface area contributed by atoms with Crippen molar-refractivity contribution in [3.8, 4) is 5.75 Å². The molecule has 1 N–H and O–H groups in total. The number of nitro groups is 1. The number of anilines is 1. The smallest absolute Gasteiger partial charge is 0.312 e. The third-order valence-corrected chi connectivity index (χ3v) is 3.01. The summed E-state index contributed by atoms with van der Waals surface area (Å²) in [5, 5.41) is 14.3. The fraction of sp³-hybridized carbons (Fsp3) is 0.214. The molecule has 0 amide bonds. The molecule has 110 valence electrons. The quantitative estimate of drug-likeness (QED) is 0.651. The topological polar surface area (TPSA) is 77.3 Å². The summed E-state index contributed by atoms with van der Waals surface area (Å²) in [4.78, 5) is 14.6. The molecule has 0 saturated heterocycles. The van der Waals surface area contributed by atoms with Crippen LogP contribution in [0.1, 0.15) is 12.5 Å². The van der Waals surface area contributed by atoms with E-state index < -0.39 is 4.92 Å². The Balaban J connectivity index is 2.16. The summed E-state index contributed by atoms with van der Waals surface area (Å²) >= 11 is 5.97. The maximum atomic E-state index is 11.0. The number of rotatable bonds is 6. The van der Waals surface area contributed by atoms with Crippen LogP contribution in [0.15, 0.2) is 36.5 Å². The van der Waals surface area contributed by atoms with Gasteiger partial charge in [0.05, 0.1) is 9.95 Å². The number of hydrogen-bond acceptors (Lipinski definition) is 5. The molecular formula is C14H14ClN3O3. The molecule has 0 unspecified atom stereocenters. The van der Waals surface area contributed by atoms with E-state index in [9.17, 15) is 10.1 Å². The lowest BCUT2D eigenvalue weighted by Gasteiger charge is -2.09. The van der Waals surface area contributed by atoms with E-state index in [0.717, 1.165) is 17.9 Å². The third-order valence-electron chi connectivity index (χ3n) is 2.71. The van der Waals surface area contributed by atoms with Gasteiger partial charge in [-0.2, -0.15) is 0 Å². The summed E-state index contributed by atoms with van der Waals surface area (Å²) in [6.07, 6.45) is 1.65. The Morgan fingerprint density at radius 1 is 1.43 bits per heavy atom. The van der Waals surface area contributed by atoms with Gasteiger partial charge in [0.2, 0.25) is 5.75 Å². The van der Waals surface area contributed by atoms with E-state index in [4.69, 9.17) is 16.3 Å². The Morgan fingerprint density at radius 3 is 2.95 bits per heavy atom. The maximum absolute atomic E-state index is 11.0. The third kappa shape index (κ3) is 3.82.